The van der Waals surface area contributed by atoms with Gasteiger partial charge in [0.05, 0.1) is 0 Å². The van der Waals surface area contributed by atoms with Crippen molar-refractivity contribution < 1.29 is 9.53 Å². The van der Waals surface area contributed by atoms with Crippen LogP contribution in [0, 0.1) is 11.8 Å². The molecule has 142 valence electrons. The van der Waals surface area contributed by atoms with E-state index in [0.29, 0.717) is 22.9 Å². The number of carbonyl (C=O) groups is 1. The average Bonchev–Trinajstić information content (AvgIpc) is 3.05. The SMILES string of the molecule is O=C(c1cccc(OCc2ccc(Cl)cc2)c1)N1CC[C@@H]2CNC[C@@H]2CC1. The second-order valence-corrected chi connectivity index (χ2v) is 7.93. The highest BCUT2D eigenvalue weighted by atomic mass is 35.5. The molecule has 2 saturated heterocycles. The van der Waals surface area contributed by atoms with E-state index in [1.165, 1.54) is 0 Å². The van der Waals surface area contributed by atoms with Crippen molar-refractivity contribution in [2.24, 2.45) is 11.8 Å². The van der Waals surface area contributed by atoms with Gasteiger partial charge in [0.25, 0.3) is 5.91 Å². The number of benzene rings is 2. The van der Waals surface area contributed by atoms with Gasteiger partial charge in [-0.3, -0.25) is 4.79 Å². The van der Waals surface area contributed by atoms with E-state index in [1.807, 2.05) is 53.4 Å². The Bertz CT molecular complexity index is 779. The molecule has 0 aliphatic carbocycles. The van der Waals surface area contributed by atoms with Crippen LogP contribution < -0.4 is 10.1 Å². The van der Waals surface area contributed by atoms with Crippen molar-refractivity contribution in [3.8, 4) is 5.75 Å². The van der Waals surface area contributed by atoms with Crippen molar-refractivity contribution in [2.45, 2.75) is 19.4 Å². The molecule has 0 unspecified atom stereocenters. The first-order chi connectivity index (χ1) is 13.2. The number of fused-ring (bicyclic) bond motifs is 1. The molecule has 1 amide bonds. The maximum Gasteiger partial charge on any atom is 0.253 e. The summed E-state index contributed by atoms with van der Waals surface area (Å²) in [5.41, 5.74) is 1.75. The first-order valence-corrected chi connectivity index (χ1v) is 10.0. The predicted molar refractivity (Wildman–Crippen MR) is 107 cm³/mol. The molecule has 2 aliphatic heterocycles. The van der Waals surface area contributed by atoms with Crippen molar-refractivity contribution in [1.82, 2.24) is 10.2 Å². The number of rotatable bonds is 4. The van der Waals surface area contributed by atoms with Crippen LogP contribution in [0.1, 0.15) is 28.8 Å². The number of nitrogens with one attached hydrogen (secondary N) is 1. The van der Waals surface area contributed by atoms with E-state index in [2.05, 4.69) is 5.32 Å². The summed E-state index contributed by atoms with van der Waals surface area (Å²) < 4.78 is 5.87. The standard InChI is InChI=1S/C22H25ClN2O2/c23-20-6-4-16(5-7-20)15-27-21-3-1-2-17(12-21)22(26)25-10-8-18-13-24-14-19(18)9-11-25/h1-7,12,18-19,24H,8-11,13-15H2/t18-,19+. The van der Waals surface area contributed by atoms with E-state index < -0.39 is 0 Å². The third kappa shape index (κ3) is 4.45. The van der Waals surface area contributed by atoms with Crippen LogP contribution in [0.3, 0.4) is 0 Å². The van der Waals surface area contributed by atoms with Gasteiger partial charge in [-0.2, -0.15) is 0 Å². The minimum absolute atomic E-state index is 0.111. The van der Waals surface area contributed by atoms with Crippen molar-refractivity contribution in [3.63, 3.8) is 0 Å². The number of hydrogen-bond acceptors (Lipinski definition) is 3. The fourth-order valence-corrected chi connectivity index (χ4v) is 4.20. The number of carbonyl (C=O) groups excluding carboxylic acids is 1. The van der Waals surface area contributed by atoms with Crippen LogP contribution >= 0.6 is 11.6 Å². The van der Waals surface area contributed by atoms with Crippen LogP contribution in [0.25, 0.3) is 0 Å². The summed E-state index contributed by atoms with van der Waals surface area (Å²) in [6.45, 7) is 4.34. The largest absolute Gasteiger partial charge is 0.489 e. The fourth-order valence-electron chi connectivity index (χ4n) is 4.07. The molecular weight excluding hydrogens is 360 g/mol. The van der Waals surface area contributed by atoms with Crippen molar-refractivity contribution in [1.29, 1.82) is 0 Å². The minimum atomic E-state index is 0.111. The number of hydrogen-bond donors (Lipinski definition) is 1. The van der Waals surface area contributed by atoms with Crippen LogP contribution in [0.2, 0.25) is 5.02 Å². The summed E-state index contributed by atoms with van der Waals surface area (Å²) in [6.07, 6.45) is 2.19. The number of amides is 1. The predicted octanol–water partition coefficient (Wildman–Crippen LogP) is 3.99. The molecule has 0 aromatic heterocycles. The summed E-state index contributed by atoms with van der Waals surface area (Å²) in [6, 6.07) is 15.1. The molecule has 0 radical (unpaired) electrons. The van der Waals surface area contributed by atoms with Crippen molar-refractivity contribution >= 4 is 17.5 Å². The minimum Gasteiger partial charge on any atom is -0.489 e. The Morgan fingerprint density at radius 3 is 2.48 bits per heavy atom. The molecule has 2 aromatic rings. The highest BCUT2D eigenvalue weighted by molar-refractivity contribution is 6.30. The van der Waals surface area contributed by atoms with Gasteiger partial charge in [-0.25, -0.2) is 0 Å². The highest BCUT2D eigenvalue weighted by Crippen LogP contribution is 2.28. The molecule has 2 aromatic carbocycles. The maximum absolute atomic E-state index is 13.0. The second kappa shape index (κ2) is 8.32. The van der Waals surface area contributed by atoms with Crippen LogP contribution in [-0.2, 0) is 6.61 Å². The smallest absolute Gasteiger partial charge is 0.253 e. The highest BCUT2D eigenvalue weighted by Gasteiger charge is 2.31. The van der Waals surface area contributed by atoms with Gasteiger partial charge in [-0.05, 0) is 73.7 Å². The Morgan fingerprint density at radius 2 is 1.78 bits per heavy atom. The third-order valence-electron chi connectivity index (χ3n) is 5.71. The molecule has 4 rings (SSSR count). The Morgan fingerprint density at radius 1 is 1.07 bits per heavy atom. The Kier molecular flexibility index (Phi) is 5.65. The van der Waals surface area contributed by atoms with Crippen LogP contribution in [0.5, 0.6) is 5.75 Å². The number of ether oxygens (including phenoxy) is 1. The molecule has 0 bridgehead atoms. The first kappa shape index (κ1) is 18.3. The normalized spacial score (nSPS) is 22.2. The lowest BCUT2D eigenvalue weighted by Crippen LogP contribution is -2.32. The first-order valence-electron chi connectivity index (χ1n) is 9.66. The summed E-state index contributed by atoms with van der Waals surface area (Å²) in [7, 11) is 0. The van der Waals surface area contributed by atoms with Crippen LogP contribution in [-0.4, -0.2) is 37.0 Å². The Balaban J connectivity index is 1.39. The summed E-state index contributed by atoms with van der Waals surface area (Å²) in [5.74, 6) is 2.26. The Hall–Kier alpha value is -2.04. The fraction of sp³-hybridized carbons (Fsp3) is 0.409. The maximum atomic E-state index is 13.0. The van der Waals surface area contributed by atoms with Crippen LogP contribution in [0.15, 0.2) is 48.5 Å². The zero-order chi connectivity index (χ0) is 18.6. The van der Waals surface area contributed by atoms with Gasteiger partial charge in [0.15, 0.2) is 0 Å². The average molecular weight is 385 g/mol. The van der Waals surface area contributed by atoms with Gasteiger partial charge in [0.2, 0.25) is 0 Å². The molecule has 2 heterocycles. The molecule has 27 heavy (non-hydrogen) atoms. The molecule has 4 nitrogen and oxygen atoms in total. The van der Waals surface area contributed by atoms with Crippen molar-refractivity contribution in [2.75, 3.05) is 26.2 Å². The number of halogens is 1. The van der Waals surface area contributed by atoms with E-state index in [1.54, 1.807) is 0 Å². The van der Waals surface area contributed by atoms with E-state index in [0.717, 1.165) is 56.4 Å². The molecular formula is C22H25ClN2O2. The lowest BCUT2D eigenvalue weighted by Gasteiger charge is -2.21. The molecule has 0 saturated carbocycles. The van der Waals surface area contributed by atoms with Gasteiger partial charge in [-0.1, -0.05) is 29.8 Å². The monoisotopic (exact) mass is 384 g/mol. The molecule has 2 fully saturated rings. The third-order valence-corrected chi connectivity index (χ3v) is 5.96. The lowest BCUT2D eigenvalue weighted by atomic mass is 9.92. The number of nitrogens with zero attached hydrogens (tertiary/aromatic N) is 1. The van der Waals surface area contributed by atoms with Gasteiger partial charge >= 0.3 is 0 Å². The summed E-state index contributed by atoms with van der Waals surface area (Å²) in [4.78, 5) is 15.0. The summed E-state index contributed by atoms with van der Waals surface area (Å²) >= 11 is 5.91. The van der Waals surface area contributed by atoms with E-state index in [9.17, 15) is 4.79 Å². The number of likely N-dealkylation sites (tertiary alicyclic amines) is 1. The van der Waals surface area contributed by atoms with Crippen molar-refractivity contribution in [3.05, 3.63) is 64.7 Å². The van der Waals surface area contributed by atoms with E-state index in [4.69, 9.17) is 16.3 Å². The molecule has 2 atom stereocenters. The molecule has 0 spiro atoms. The van der Waals surface area contributed by atoms with Gasteiger partial charge in [0.1, 0.15) is 12.4 Å². The van der Waals surface area contributed by atoms with Gasteiger partial charge < -0.3 is 15.0 Å². The quantitative estimate of drug-likeness (QED) is 0.866. The van der Waals surface area contributed by atoms with Gasteiger partial charge in [0, 0.05) is 23.7 Å². The molecule has 2 aliphatic rings. The Labute approximate surface area is 165 Å². The lowest BCUT2D eigenvalue weighted by molar-refractivity contribution is 0.0758. The molecule has 1 N–H and O–H groups in total. The van der Waals surface area contributed by atoms with E-state index >= 15 is 0 Å². The zero-order valence-electron chi connectivity index (χ0n) is 15.4. The zero-order valence-corrected chi connectivity index (χ0v) is 16.1. The van der Waals surface area contributed by atoms with E-state index in [-0.39, 0.29) is 5.91 Å². The van der Waals surface area contributed by atoms with Gasteiger partial charge in [-0.15, -0.1) is 0 Å². The summed E-state index contributed by atoms with van der Waals surface area (Å²) in [5, 5.41) is 4.19. The van der Waals surface area contributed by atoms with Crippen LogP contribution in [0.4, 0.5) is 0 Å². The second-order valence-electron chi connectivity index (χ2n) is 7.49. The molecule has 5 heteroatoms. The topological polar surface area (TPSA) is 41.6 Å².